The fourth-order valence-corrected chi connectivity index (χ4v) is 6.27. The zero-order valence-corrected chi connectivity index (χ0v) is 22.0. The number of aryl methyl sites for hydroxylation is 2. The third-order valence-electron chi connectivity index (χ3n) is 6.10. The number of pyridine rings is 1. The first-order valence-electron chi connectivity index (χ1n) is 12.0. The fraction of sp³-hybridized carbons (Fsp3) is 0.222. The molecule has 0 bridgehead atoms. The van der Waals surface area contributed by atoms with Gasteiger partial charge >= 0.3 is 0 Å². The van der Waals surface area contributed by atoms with Crippen LogP contribution in [0.15, 0.2) is 54.9 Å². The zero-order valence-electron chi connectivity index (χ0n) is 20.4. The first-order chi connectivity index (χ1) is 18.0. The smallest absolute Gasteiger partial charge is 0.267 e. The molecule has 186 valence electrons. The molecule has 0 spiro atoms. The molecule has 6 rings (SSSR count). The molecule has 5 heterocycles. The Kier molecular flexibility index (Phi) is 6.37. The van der Waals surface area contributed by atoms with E-state index in [1.807, 2.05) is 50.4 Å². The van der Waals surface area contributed by atoms with Crippen LogP contribution in [0.4, 0.5) is 11.5 Å². The molecule has 1 aliphatic heterocycles. The number of thiophene rings is 1. The molecule has 8 nitrogen and oxygen atoms in total. The van der Waals surface area contributed by atoms with Crippen LogP contribution in [0.1, 0.15) is 20.4 Å². The summed E-state index contributed by atoms with van der Waals surface area (Å²) in [5.41, 5.74) is 4.20. The van der Waals surface area contributed by atoms with Gasteiger partial charge in [-0.05, 0) is 38.1 Å². The lowest BCUT2D eigenvalue weighted by molar-refractivity contribution is 0.103. The number of thiazole rings is 1. The van der Waals surface area contributed by atoms with Crippen LogP contribution in [0, 0.1) is 13.8 Å². The topological polar surface area (TPSA) is 93.1 Å². The van der Waals surface area contributed by atoms with Crippen molar-refractivity contribution in [3.8, 4) is 21.8 Å². The van der Waals surface area contributed by atoms with Gasteiger partial charge in [-0.25, -0.2) is 15.0 Å². The lowest BCUT2D eigenvalue weighted by Crippen LogP contribution is -2.36. The second-order valence-electron chi connectivity index (χ2n) is 8.72. The van der Waals surface area contributed by atoms with Gasteiger partial charge in [-0.3, -0.25) is 9.78 Å². The summed E-state index contributed by atoms with van der Waals surface area (Å²) < 4.78 is 6.63. The maximum atomic E-state index is 12.9. The first kappa shape index (κ1) is 23.7. The molecule has 5 aromatic rings. The molecule has 1 fully saturated rings. The maximum absolute atomic E-state index is 12.9. The van der Waals surface area contributed by atoms with Crippen LogP contribution in [0.2, 0.25) is 0 Å². The Labute approximate surface area is 222 Å². The van der Waals surface area contributed by atoms with E-state index >= 15 is 0 Å². The number of nitrogens with zero attached hydrogens (tertiary/aromatic N) is 5. The number of rotatable bonds is 5. The number of morpholine rings is 1. The Morgan fingerprint density at radius 1 is 1.00 bits per heavy atom. The molecule has 0 aliphatic carbocycles. The summed E-state index contributed by atoms with van der Waals surface area (Å²) in [4.78, 5) is 35.5. The van der Waals surface area contributed by atoms with Crippen LogP contribution in [0.5, 0.6) is 0 Å². The third-order valence-corrected chi connectivity index (χ3v) is 8.34. The number of carbonyl (C=O) groups excluding carboxylic acids is 1. The van der Waals surface area contributed by atoms with E-state index in [0.29, 0.717) is 29.6 Å². The highest BCUT2D eigenvalue weighted by molar-refractivity contribution is 7.22. The van der Waals surface area contributed by atoms with Crippen molar-refractivity contribution < 1.29 is 9.53 Å². The van der Waals surface area contributed by atoms with Gasteiger partial charge in [0.15, 0.2) is 11.6 Å². The van der Waals surface area contributed by atoms with Gasteiger partial charge in [0.25, 0.3) is 5.91 Å². The normalized spacial score (nSPS) is 13.7. The summed E-state index contributed by atoms with van der Waals surface area (Å²) in [6.07, 6.45) is 3.64. The van der Waals surface area contributed by atoms with Crippen molar-refractivity contribution in [2.45, 2.75) is 13.8 Å². The lowest BCUT2D eigenvalue weighted by atomic mass is 10.1. The van der Waals surface area contributed by atoms with E-state index in [1.54, 1.807) is 17.5 Å². The maximum Gasteiger partial charge on any atom is 0.267 e. The highest BCUT2D eigenvalue weighted by Gasteiger charge is 2.21. The number of amides is 1. The van der Waals surface area contributed by atoms with Crippen molar-refractivity contribution in [1.29, 1.82) is 0 Å². The average molecular weight is 529 g/mol. The van der Waals surface area contributed by atoms with Crippen LogP contribution in [-0.2, 0) is 4.74 Å². The number of fused-ring (bicyclic) bond motifs is 1. The molecule has 1 N–H and O–H groups in total. The van der Waals surface area contributed by atoms with E-state index < -0.39 is 0 Å². The lowest BCUT2D eigenvalue weighted by Gasteiger charge is -2.28. The van der Waals surface area contributed by atoms with E-state index in [2.05, 4.69) is 32.3 Å². The Bertz CT molecular complexity index is 1590. The number of anilines is 2. The third kappa shape index (κ3) is 4.83. The summed E-state index contributed by atoms with van der Waals surface area (Å²) in [6, 6.07) is 13.8. The first-order valence-corrected chi connectivity index (χ1v) is 13.6. The molecule has 1 aliphatic rings. The minimum absolute atomic E-state index is 0.162. The molecule has 10 heteroatoms. The second-order valence-corrected chi connectivity index (χ2v) is 11.0. The van der Waals surface area contributed by atoms with Gasteiger partial charge in [0.05, 0.1) is 34.1 Å². The van der Waals surface area contributed by atoms with Crippen LogP contribution < -0.4 is 10.2 Å². The molecule has 1 amide bonds. The molecular formula is C27H24N6O2S2. The van der Waals surface area contributed by atoms with Crippen LogP contribution in [0.25, 0.3) is 32.0 Å². The SMILES string of the molecule is Cc1nc(C)c(C(=O)Nc2cccc(-c3nc(N4CCOCC4)c4sc(-c5cccnc5)cc4n3)c2)s1. The quantitative estimate of drug-likeness (QED) is 0.318. The summed E-state index contributed by atoms with van der Waals surface area (Å²) >= 11 is 3.07. The Morgan fingerprint density at radius 2 is 1.84 bits per heavy atom. The van der Waals surface area contributed by atoms with Crippen LogP contribution in [0.3, 0.4) is 0 Å². The van der Waals surface area contributed by atoms with E-state index in [4.69, 9.17) is 14.7 Å². The van der Waals surface area contributed by atoms with Crippen LogP contribution in [-0.4, -0.2) is 52.1 Å². The summed E-state index contributed by atoms with van der Waals surface area (Å²) in [6.45, 7) is 6.63. The minimum Gasteiger partial charge on any atom is -0.378 e. The van der Waals surface area contributed by atoms with E-state index in [-0.39, 0.29) is 5.91 Å². The Balaban J connectivity index is 1.39. The van der Waals surface area contributed by atoms with Crippen molar-refractivity contribution in [3.63, 3.8) is 0 Å². The highest BCUT2D eigenvalue weighted by Crippen LogP contribution is 2.38. The molecule has 1 aromatic carbocycles. The van der Waals surface area contributed by atoms with E-state index in [9.17, 15) is 4.79 Å². The van der Waals surface area contributed by atoms with Crippen molar-refractivity contribution in [2.24, 2.45) is 0 Å². The van der Waals surface area contributed by atoms with Gasteiger partial charge in [0.1, 0.15) is 4.88 Å². The Morgan fingerprint density at radius 3 is 2.59 bits per heavy atom. The largest absolute Gasteiger partial charge is 0.378 e. The van der Waals surface area contributed by atoms with Gasteiger partial charge in [0.2, 0.25) is 0 Å². The monoisotopic (exact) mass is 528 g/mol. The second kappa shape index (κ2) is 9.97. The van der Waals surface area contributed by atoms with Gasteiger partial charge in [-0.2, -0.15) is 0 Å². The van der Waals surface area contributed by atoms with Gasteiger partial charge < -0.3 is 15.0 Å². The predicted octanol–water partition coefficient (Wildman–Crippen LogP) is 5.58. The Hall–Kier alpha value is -3.73. The molecule has 37 heavy (non-hydrogen) atoms. The molecule has 1 saturated heterocycles. The average Bonchev–Trinajstić information content (AvgIpc) is 3.51. The van der Waals surface area contributed by atoms with Gasteiger partial charge in [-0.15, -0.1) is 22.7 Å². The number of hydrogen-bond acceptors (Lipinski definition) is 9. The molecule has 4 aromatic heterocycles. The fourth-order valence-electron chi connectivity index (χ4n) is 4.35. The highest BCUT2D eigenvalue weighted by atomic mass is 32.1. The number of ether oxygens (including phenoxy) is 1. The van der Waals surface area contributed by atoms with Crippen molar-refractivity contribution in [2.75, 3.05) is 36.5 Å². The minimum atomic E-state index is -0.162. The standard InChI is InChI=1S/C27H24N6O2S2/c1-16-23(36-17(2)29-16)27(34)30-20-7-3-5-18(13-20)25-31-21-14-22(19-6-4-8-28-15-19)37-24(21)26(32-25)33-9-11-35-12-10-33/h3-8,13-15H,9-12H2,1-2H3,(H,30,34). The number of hydrogen-bond donors (Lipinski definition) is 1. The number of benzene rings is 1. The van der Waals surface area contributed by atoms with Crippen molar-refractivity contribution in [3.05, 3.63) is 70.4 Å². The zero-order chi connectivity index (χ0) is 25.4. The molecule has 0 radical (unpaired) electrons. The van der Waals surface area contributed by atoms with Gasteiger partial charge in [-0.1, -0.05) is 18.2 Å². The summed E-state index contributed by atoms with van der Waals surface area (Å²) in [5.74, 6) is 1.36. The molecule has 0 saturated carbocycles. The van der Waals surface area contributed by atoms with E-state index in [0.717, 1.165) is 55.8 Å². The molecular weight excluding hydrogens is 504 g/mol. The number of nitrogens with one attached hydrogen (secondary N) is 1. The van der Waals surface area contributed by atoms with Gasteiger partial charge in [0, 0.05) is 47.2 Å². The molecule has 0 atom stereocenters. The van der Waals surface area contributed by atoms with Crippen molar-refractivity contribution >= 4 is 50.3 Å². The summed E-state index contributed by atoms with van der Waals surface area (Å²) in [7, 11) is 0. The number of carbonyl (C=O) groups is 1. The number of aromatic nitrogens is 4. The van der Waals surface area contributed by atoms with E-state index in [1.165, 1.54) is 11.3 Å². The molecule has 0 unspecified atom stereocenters. The summed E-state index contributed by atoms with van der Waals surface area (Å²) in [5, 5.41) is 3.88. The predicted molar refractivity (Wildman–Crippen MR) is 149 cm³/mol. The van der Waals surface area contributed by atoms with Crippen LogP contribution >= 0.6 is 22.7 Å². The van der Waals surface area contributed by atoms with Crippen molar-refractivity contribution in [1.82, 2.24) is 19.9 Å².